The normalized spacial score (nSPS) is 20.1. The summed E-state index contributed by atoms with van der Waals surface area (Å²) in [6.45, 7) is 2.76. The molecule has 104 valence electrons. The number of hydrogen-bond donors (Lipinski definition) is 1. The lowest BCUT2D eigenvalue weighted by molar-refractivity contribution is -0.132. The number of rotatable bonds is 3. The largest absolute Gasteiger partial charge is 0.398 e. The third-order valence-electron chi connectivity index (χ3n) is 3.23. The summed E-state index contributed by atoms with van der Waals surface area (Å²) in [7, 11) is -3.61. The first kappa shape index (κ1) is 13.6. The molecule has 0 bridgehead atoms. The van der Waals surface area contributed by atoms with E-state index in [1.165, 1.54) is 36.7 Å². The average molecular weight is 285 g/mol. The molecule has 1 aliphatic rings. The Balaban J connectivity index is 2.15. The van der Waals surface area contributed by atoms with Gasteiger partial charge in [0, 0.05) is 24.5 Å². The second kappa shape index (κ2) is 4.09. The zero-order valence-corrected chi connectivity index (χ0v) is 11.5. The van der Waals surface area contributed by atoms with E-state index in [1.807, 2.05) is 0 Å². The van der Waals surface area contributed by atoms with E-state index in [1.54, 1.807) is 0 Å². The number of aromatic nitrogens is 1. The van der Waals surface area contributed by atoms with Crippen LogP contribution in [-0.4, -0.2) is 34.5 Å². The van der Waals surface area contributed by atoms with Crippen molar-refractivity contribution in [3.8, 4) is 0 Å². The SMILES string of the molecule is CC1(C)C(=O)N(CCn2cc(N)ccc2=O)S1(=O)=O. The first-order valence-corrected chi connectivity index (χ1v) is 7.14. The van der Waals surface area contributed by atoms with Gasteiger partial charge in [-0.25, -0.2) is 12.7 Å². The maximum atomic E-state index is 11.8. The van der Waals surface area contributed by atoms with E-state index in [4.69, 9.17) is 5.73 Å². The molecule has 19 heavy (non-hydrogen) atoms. The number of sulfonamides is 1. The molecular formula is C11H15N3O4S. The fourth-order valence-corrected chi connectivity index (χ4v) is 3.42. The van der Waals surface area contributed by atoms with Crippen molar-refractivity contribution in [3.63, 3.8) is 0 Å². The topological polar surface area (TPSA) is 102 Å². The predicted octanol–water partition coefficient (Wildman–Crippen LogP) is -0.619. The van der Waals surface area contributed by atoms with Gasteiger partial charge in [0.2, 0.25) is 0 Å². The molecule has 2 rings (SSSR count). The lowest BCUT2D eigenvalue weighted by Gasteiger charge is -2.43. The second-order valence-corrected chi connectivity index (χ2v) is 7.30. The molecule has 1 aromatic rings. The van der Waals surface area contributed by atoms with Crippen LogP contribution < -0.4 is 11.3 Å². The highest BCUT2D eigenvalue weighted by Gasteiger charge is 2.59. The third kappa shape index (κ3) is 1.92. The molecule has 0 radical (unpaired) electrons. The molecule has 2 heterocycles. The van der Waals surface area contributed by atoms with Crippen LogP contribution in [0.5, 0.6) is 0 Å². The van der Waals surface area contributed by atoms with Crippen molar-refractivity contribution in [3.05, 3.63) is 28.7 Å². The maximum Gasteiger partial charge on any atom is 0.258 e. The van der Waals surface area contributed by atoms with Crippen LogP contribution in [0.15, 0.2) is 23.1 Å². The number of nitrogens with zero attached hydrogens (tertiary/aromatic N) is 2. The Morgan fingerprint density at radius 3 is 2.42 bits per heavy atom. The molecule has 2 N–H and O–H groups in total. The zero-order valence-electron chi connectivity index (χ0n) is 10.7. The van der Waals surface area contributed by atoms with E-state index < -0.39 is 20.7 Å². The zero-order chi connectivity index (χ0) is 14.4. The van der Waals surface area contributed by atoms with Crippen LogP contribution in [0.25, 0.3) is 0 Å². The second-order valence-electron chi connectivity index (χ2n) is 4.89. The van der Waals surface area contributed by atoms with Gasteiger partial charge in [0.15, 0.2) is 4.75 Å². The minimum absolute atomic E-state index is 0.0616. The molecule has 1 aromatic heterocycles. The van der Waals surface area contributed by atoms with Crippen LogP contribution in [-0.2, 0) is 21.4 Å². The molecule has 0 atom stereocenters. The van der Waals surface area contributed by atoms with Crippen molar-refractivity contribution >= 4 is 21.6 Å². The monoisotopic (exact) mass is 285 g/mol. The molecule has 0 aromatic carbocycles. The van der Waals surface area contributed by atoms with E-state index in [-0.39, 0.29) is 18.6 Å². The van der Waals surface area contributed by atoms with E-state index in [0.717, 1.165) is 4.31 Å². The molecule has 0 aliphatic carbocycles. The summed E-state index contributed by atoms with van der Waals surface area (Å²) in [5.41, 5.74) is 5.65. The number of nitrogen functional groups attached to an aromatic ring is 1. The maximum absolute atomic E-state index is 11.8. The summed E-state index contributed by atoms with van der Waals surface area (Å²) in [5, 5.41) is 0. The van der Waals surface area contributed by atoms with Gasteiger partial charge < -0.3 is 10.3 Å². The third-order valence-corrected chi connectivity index (χ3v) is 5.62. The molecule has 1 saturated heterocycles. The molecule has 0 unspecified atom stereocenters. The number of amides is 1. The van der Waals surface area contributed by atoms with Gasteiger partial charge in [-0.05, 0) is 19.9 Å². The van der Waals surface area contributed by atoms with Crippen molar-refractivity contribution in [2.24, 2.45) is 0 Å². The van der Waals surface area contributed by atoms with Crippen molar-refractivity contribution in [1.29, 1.82) is 0 Å². The molecule has 8 heteroatoms. The van der Waals surface area contributed by atoms with Crippen LogP contribution in [0.4, 0.5) is 5.69 Å². The van der Waals surface area contributed by atoms with Gasteiger partial charge in [-0.3, -0.25) is 9.59 Å². The molecule has 0 saturated carbocycles. The van der Waals surface area contributed by atoms with E-state index in [9.17, 15) is 18.0 Å². The van der Waals surface area contributed by atoms with E-state index >= 15 is 0 Å². The summed E-state index contributed by atoms with van der Waals surface area (Å²) in [6, 6.07) is 2.76. The Kier molecular flexibility index (Phi) is 2.93. The number of nitrogens with two attached hydrogens (primary N) is 1. The average Bonchev–Trinajstić information content (AvgIpc) is 2.32. The highest BCUT2D eigenvalue weighted by atomic mass is 32.2. The lowest BCUT2D eigenvalue weighted by Crippen LogP contribution is -2.67. The van der Waals surface area contributed by atoms with Crippen molar-refractivity contribution < 1.29 is 13.2 Å². The fourth-order valence-electron chi connectivity index (χ4n) is 1.90. The highest BCUT2D eigenvalue weighted by Crippen LogP contribution is 2.34. The number of hydrogen-bond acceptors (Lipinski definition) is 5. The smallest absolute Gasteiger partial charge is 0.258 e. The quantitative estimate of drug-likeness (QED) is 0.797. The Labute approximate surface area is 110 Å². The highest BCUT2D eigenvalue weighted by molar-refractivity contribution is 7.94. The van der Waals surface area contributed by atoms with Crippen LogP contribution in [0.2, 0.25) is 0 Å². The van der Waals surface area contributed by atoms with Crippen molar-refractivity contribution in [2.75, 3.05) is 12.3 Å². The summed E-state index contributed by atoms with van der Waals surface area (Å²) in [6.07, 6.45) is 1.42. The van der Waals surface area contributed by atoms with Crippen LogP contribution in [0.3, 0.4) is 0 Å². The lowest BCUT2D eigenvalue weighted by atomic mass is 10.2. The Morgan fingerprint density at radius 2 is 1.84 bits per heavy atom. The summed E-state index contributed by atoms with van der Waals surface area (Å²) < 4.78 is 24.4. The summed E-state index contributed by atoms with van der Waals surface area (Å²) in [5.74, 6) is -0.454. The standard InChI is InChI=1S/C11H15N3O4S/c1-11(2)10(16)14(19(11,17)18)6-5-13-7-8(12)3-4-9(13)15/h3-4,7H,5-6,12H2,1-2H3. The first-order chi connectivity index (χ1) is 8.68. The molecule has 1 aliphatic heterocycles. The molecular weight excluding hydrogens is 270 g/mol. The van der Waals surface area contributed by atoms with Gasteiger partial charge in [-0.1, -0.05) is 0 Å². The fraction of sp³-hybridized carbons (Fsp3) is 0.455. The number of carbonyl (C=O) groups excluding carboxylic acids is 1. The minimum Gasteiger partial charge on any atom is -0.398 e. The Bertz CT molecular complexity index is 690. The van der Waals surface area contributed by atoms with Gasteiger partial charge in [-0.2, -0.15) is 0 Å². The van der Waals surface area contributed by atoms with Crippen LogP contribution in [0.1, 0.15) is 13.8 Å². The minimum atomic E-state index is -3.61. The predicted molar refractivity (Wildman–Crippen MR) is 69.8 cm³/mol. The molecule has 7 nitrogen and oxygen atoms in total. The molecule has 1 amide bonds. The van der Waals surface area contributed by atoms with E-state index in [2.05, 4.69) is 0 Å². The number of pyridine rings is 1. The van der Waals surface area contributed by atoms with Crippen LogP contribution in [0, 0.1) is 0 Å². The van der Waals surface area contributed by atoms with Gasteiger partial charge in [0.25, 0.3) is 21.5 Å². The van der Waals surface area contributed by atoms with E-state index in [0.29, 0.717) is 5.69 Å². The molecule has 1 fully saturated rings. The number of anilines is 1. The Morgan fingerprint density at radius 1 is 1.21 bits per heavy atom. The van der Waals surface area contributed by atoms with Crippen molar-refractivity contribution in [1.82, 2.24) is 8.87 Å². The summed E-state index contributed by atoms with van der Waals surface area (Å²) >= 11 is 0. The van der Waals surface area contributed by atoms with Gasteiger partial charge in [-0.15, -0.1) is 0 Å². The number of carbonyl (C=O) groups is 1. The van der Waals surface area contributed by atoms with Gasteiger partial charge >= 0.3 is 0 Å². The first-order valence-electron chi connectivity index (χ1n) is 5.70. The van der Waals surface area contributed by atoms with Crippen molar-refractivity contribution in [2.45, 2.75) is 25.1 Å². The van der Waals surface area contributed by atoms with Crippen LogP contribution >= 0.6 is 0 Å². The molecule has 0 spiro atoms. The van der Waals surface area contributed by atoms with Gasteiger partial charge in [0.05, 0.1) is 6.54 Å². The Hall–Kier alpha value is -1.83. The van der Waals surface area contributed by atoms with Gasteiger partial charge in [0.1, 0.15) is 0 Å². The summed E-state index contributed by atoms with van der Waals surface area (Å²) in [4.78, 5) is 23.2.